The Balaban J connectivity index is 1.60. The minimum Gasteiger partial charge on any atom is -0.481 e. The summed E-state index contributed by atoms with van der Waals surface area (Å²) in [4.78, 5) is 23.6. The van der Waals surface area contributed by atoms with Crippen molar-refractivity contribution < 1.29 is 19.4 Å². The van der Waals surface area contributed by atoms with Gasteiger partial charge in [0.1, 0.15) is 5.92 Å². The topological polar surface area (TPSA) is 75.6 Å². The summed E-state index contributed by atoms with van der Waals surface area (Å²) in [7, 11) is 0. The molecule has 23 heavy (non-hydrogen) atoms. The molecule has 1 saturated heterocycles. The van der Waals surface area contributed by atoms with Crippen LogP contribution in [0.15, 0.2) is 12.2 Å². The van der Waals surface area contributed by atoms with Crippen LogP contribution in [0, 0.1) is 11.8 Å². The van der Waals surface area contributed by atoms with Crippen molar-refractivity contribution >= 4 is 11.9 Å². The lowest BCUT2D eigenvalue weighted by molar-refractivity contribution is -0.146. The molecule has 0 aromatic heterocycles. The first-order chi connectivity index (χ1) is 11.1. The minimum absolute atomic E-state index is 0.183. The van der Waals surface area contributed by atoms with Crippen molar-refractivity contribution in [1.29, 1.82) is 0 Å². The molecule has 1 fully saturated rings. The van der Waals surface area contributed by atoms with Crippen LogP contribution in [0.3, 0.4) is 0 Å². The van der Waals surface area contributed by atoms with E-state index < -0.39 is 23.9 Å². The summed E-state index contributed by atoms with van der Waals surface area (Å²) in [5, 5.41) is 12.2. The van der Waals surface area contributed by atoms with Gasteiger partial charge in [0, 0.05) is 6.54 Å². The highest BCUT2D eigenvalue weighted by Crippen LogP contribution is 2.39. The van der Waals surface area contributed by atoms with E-state index in [-0.39, 0.29) is 12.0 Å². The molecule has 2 bridgehead atoms. The van der Waals surface area contributed by atoms with Crippen LogP contribution in [-0.4, -0.2) is 35.7 Å². The molecule has 0 saturated carbocycles. The summed E-state index contributed by atoms with van der Waals surface area (Å²) in [5.41, 5.74) is 0. The molecule has 5 heteroatoms. The zero-order valence-corrected chi connectivity index (χ0v) is 14.0. The lowest BCUT2D eigenvalue weighted by Gasteiger charge is -2.20. The van der Waals surface area contributed by atoms with Gasteiger partial charge >= 0.3 is 5.97 Å². The Bertz CT molecular complexity index is 435. The van der Waals surface area contributed by atoms with Gasteiger partial charge in [0.2, 0.25) is 5.91 Å². The van der Waals surface area contributed by atoms with Crippen molar-refractivity contribution in [1.82, 2.24) is 5.32 Å². The number of carboxylic acid groups (broad SMARTS) is 1. The van der Waals surface area contributed by atoms with E-state index in [9.17, 15) is 14.7 Å². The molecule has 0 radical (unpaired) electrons. The van der Waals surface area contributed by atoms with Gasteiger partial charge in [-0.2, -0.15) is 0 Å². The highest BCUT2D eigenvalue weighted by molar-refractivity contribution is 5.87. The molecule has 2 aliphatic heterocycles. The van der Waals surface area contributed by atoms with Crippen LogP contribution in [0.1, 0.15) is 58.3 Å². The molecule has 4 atom stereocenters. The number of amides is 1. The van der Waals surface area contributed by atoms with Crippen LogP contribution in [0.5, 0.6) is 0 Å². The van der Waals surface area contributed by atoms with Gasteiger partial charge in [-0.15, -0.1) is 0 Å². The maximum atomic E-state index is 12.3. The van der Waals surface area contributed by atoms with E-state index in [1.807, 2.05) is 6.08 Å². The van der Waals surface area contributed by atoms with Crippen molar-refractivity contribution in [2.24, 2.45) is 11.8 Å². The molecule has 0 aromatic carbocycles. The molecular weight excluding hydrogens is 294 g/mol. The number of ether oxygens (including phenoxy) is 1. The number of nitrogens with one attached hydrogen (secondary N) is 1. The third kappa shape index (κ3) is 4.80. The summed E-state index contributed by atoms with van der Waals surface area (Å²) in [5.74, 6) is -2.47. The molecule has 0 aliphatic carbocycles. The van der Waals surface area contributed by atoms with Crippen LogP contribution >= 0.6 is 0 Å². The lowest BCUT2D eigenvalue weighted by Crippen LogP contribution is -2.42. The Hall–Kier alpha value is -1.36. The summed E-state index contributed by atoms with van der Waals surface area (Å²) in [6, 6.07) is 0. The van der Waals surface area contributed by atoms with Crippen molar-refractivity contribution in [2.45, 2.75) is 70.5 Å². The molecule has 5 nitrogen and oxygen atoms in total. The summed E-state index contributed by atoms with van der Waals surface area (Å²) >= 11 is 0. The van der Waals surface area contributed by atoms with Gasteiger partial charge in [0.05, 0.1) is 18.1 Å². The maximum Gasteiger partial charge on any atom is 0.310 e. The molecule has 0 spiro atoms. The lowest BCUT2D eigenvalue weighted by atomic mass is 9.82. The largest absolute Gasteiger partial charge is 0.481 e. The van der Waals surface area contributed by atoms with Crippen molar-refractivity contribution in [2.75, 3.05) is 6.54 Å². The van der Waals surface area contributed by atoms with Gasteiger partial charge in [0.15, 0.2) is 0 Å². The first-order valence-corrected chi connectivity index (χ1v) is 8.99. The number of carbonyl (C=O) groups excluding carboxylic acids is 1. The molecule has 2 heterocycles. The molecule has 4 unspecified atom stereocenters. The third-order valence-electron chi connectivity index (χ3n) is 4.82. The smallest absolute Gasteiger partial charge is 0.310 e. The predicted molar refractivity (Wildman–Crippen MR) is 88.0 cm³/mol. The van der Waals surface area contributed by atoms with E-state index in [0.717, 1.165) is 12.8 Å². The second-order valence-corrected chi connectivity index (χ2v) is 6.61. The average Bonchev–Trinajstić information content (AvgIpc) is 3.14. The normalized spacial score (nSPS) is 28.2. The maximum absolute atomic E-state index is 12.3. The number of hydrogen-bond donors (Lipinski definition) is 2. The summed E-state index contributed by atoms with van der Waals surface area (Å²) in [6.07, 6.45) is 12.5. The Labute approximate surface area is 138 Å². The molecule has 2 N–H and O–H groups in total. The predicted octanol–water partition coefficient (Wildman–Crippen LogP) is 2.90. The van der Waals surface area contributed by atoms with Gasteiger partial charge < -0.3 is 15.2 Å². The SMILES string of the molecule is CCCCCCCCCCNC(=O)C1C2C=CC(O2)C1C(=O)O. The third-order valence-corrected chi connectivity index (χ3v) is 4.82. The van der Waals surface area contributed by atoms with Gasteiger partial charge in [-0.3, -0.25) is 9.59 Å². The number of hydrogen-bond acceptors (Lipinski definition) is 3. The standard InChI is InChI=1S/C18H29NO4/c1-2-3-4-5-6-7-8-9-12-19-17(20)15-13-10-11-14(23-13)16(15)18(21)22/h10-11,13-16H,2-9,12H2,1H3,(H,19,20)(H,21,22). The summed E-state index contributed by atoms with van der Waals surface area (Å²) in [6.45, 7) is 2.84. The van der Waals surface area contributed by atoms with Crippen molar-refractivity contribution in [3.63, 3.8) is 0 Å². The van der Waals surface area contributed by atoms with Gasteiger partial charge in [-0.05, 0) is 6.42 Å². The fraction of sp³-hybridized carbons (Fsp3) is 0.778. The Kier molecular flexibility index (Phi) is 7.09. The molecular formula is C18H29NO4. The monoisotopic (exact) mass is 323 g/mol. The minimum atomic E-state index is -0.950. The number of rotatable bonds is 11. The van der Waals surface area contributed by atoms with Crippen LogP contribution in [0.4, 0.5) is 0 Å². The molecule has 130 valence electrons. The van der Waals surface area contributed by atoms with Crippen LogP contribution < -0.4 is 5.32 Å². The molecule has 2 aliphatic rings. The van der Waals surface area contributed by atoms with E-state index in [1.165, 1.54) is 38.5 Å². The van der Waals surface area contributed by atoms with Gasteiger partial charge in [-0.1, -0.05) is 64.0 Å². The zero-order chi connectivity index (χ0) is 16.7. The van der Waals surface area contributed by atoms with E-state index in [2.05, 4.69) is 12.2 Å². The number of fused-ring (bicyclic) bond motifs is 2. The second-order valence-electron chi connectivity index (χ2n) is 6.61. The molecule has 1 amide bonds. The first kappa shape index (κ1) is 18.0. The fourth-order valence-electron chi connectivity index (χ4n) is 3.50. The second kappa shape index (κ2) is 9.06. The van der Waals surface area contributed by atoms with Crippen molar-refractivity contribution in [3.8, 4) is 0 Å². The van der Waals surface area contributed by atoms with Crippen LogP contribution in [0.2, 0.25) is 0 Å². The van der Waals surface area contributed by atoms with Gasteiger partial charge in [-0.25, -0.2) is 0 Å². The quantitative estimate of drug-likeness (QED) is 0.453. The number of carboxylic acids is 1. The summed E-state index contributed by atoms with van der Waals surface area (Å²) < 4.78 is 5.52. The van der Waals surface area contributed by atoms with E-state index >= 15 is 0 Å². The van der Waals surface area contributed by atoms with Crippen molar-refractivity contribution in [3.05, 3.63) is 12.2 Å². The first-order valence-electron chi connectivity index (χ1n) is 8.99. The number of aliphatic carboxylic acids is 1. The fourth-order valence-corrected chi connectivity index (χ4v) is 3.50. The van der Waals surface area contributed by atoms with E-state index in [4.69, 9.17) is 4.74 Å². The van der Waals surface area contributed by atoms with E-state index in [1.54, 1.807) is 6.08 Å². The molecule has 0 aromatic rings. The highest BCUT2D eigenvalue weighted by atomic mass is 16.5. The Morgan fingerprint density at radius 3 is 2.13 bits per heavy atom. The highest BCUT2D eigenvalue weighted by Gasteiger charge is 2.53. The van der Waals surface area contributed by atoms with E-state index in [0.29, 0.717) is 6.54 Å². The van der Waals surface area contributed by atoms with Crippen LogP contribution in [0.25, 0.3) is 0 Å². The van der Waals surface area contributed by atoms with Crippen LogP contribution in [-0.2, 0) is 14.3 Å². The average molecular weight is 323 g/mol. The zero-order valence-electron chi connectivity index (χ0n) is 14.0. The Morgan fingerprint density at radius 1 is 0.957 bits per heavy atom. The Morgan fingerprint density at radius 2 is 1.52 bits per heavy atom. The number of unbranched alkanes of at least 4 members (excludes halogenated alkanes) is 7. The molecule has 2 rings (SSSR count). The number of carbonyl (C=O) groups is 2. The van der Waals surface area contributed by atoms with Gasteiger partial charge in [0.25, 0.3) is 0 Å².